The topological polar surface area (TPSA) is 59.1 Å². The summed E-state index contributed by atoms with van der Waals surface area (Å²) in [7, 11) is 6.68. The SMILES string of the molecule is COc1cccc(C(=O)N2CC(C(=O)N(C)C)C3(CCCC3)C2)c1OC. The van der Waals surface area contributed by atoms with Crippen molar-refractivity contribution in [3.05, 3.63) is 23.8 Å². The maximum Gasteiger partial charge on any atom is 0.257 e. The lowest BCUT2D eigenvalue weighted by Crippen LogP contribution is -2.39. The highest BCUT2D eigenvalue weighted by Crippen LogP contribution is 2.50. The van der Waals surface area contributed by atoms with E-state index in [2.05, 4.69) is 0 Å². The summed E-state index contributed by atoms with van der Waals surface area (Å²) in [5, 5.41) is 0. The molecule has 2 amide bonds. The fourth-order valence-corrected chi connectivity index (χ4v) is 4.59. The smallest absolute Gasteiger partial charge is 0.257 e. The summed E-state index contributed by atoms with van der Waals surface area (Å²) in [6, 6.07) is 5.32. The fourth-order valence-electron chi connectivity index (χ4n) is 4.59. The van der Waals surface area contributed by atoms with Crippen molar-refractivity contribution in [3.63, 3.8) is 0 Å². The highest BCUT2D eigenvalue weighted by Gasteiger charge is 2.52. The van der Waals surface area contributed by atoms with Crippen LogP contribution in [0.3, 0.4) is 0 Å². The number of ether oxygens (including phenoxy) is 2. The molecule has 1 saturated carbocycles. The third-order valence-corrected chi connectivity index (χ3v) is 5.91. The third kappa shape index (κ3) is 3.02. The average molecular weight is 360 g/mol. The molecule has 3 rings (SSSR count). The predicted molar refractivity (Wildman–Crippen MR) is 98.5 cm³/mol. The van der Waals surface area contributed by atoms with Gasteiger partial charge < -0.3 is 19.3 Å². The largest absolute Gasteiger partial charge is 0.493 e. The number of carbonyl (C=O) groups excluding carboxylic acids is 2. The van der Waals surface area contributed by atoms with Gasteiger partial charge in [0.15, 0.2) is 11.5 Å². The number of amides is 2. The van der Waals surface area contributed by atoms with E-state index in [1.165, 1.54) is 7.11 Å². The first kappa shape index (κ1) is 18.5. The lowest BCUT2D eigenvalue weighted by atomic mass is 9.76. The monoisotopic (exact) mass is 360 g/mol. The minimum absolute atomic E-state index is 0.0802. The average Bonchev–Trinajstić information content (AvgIpc) is 3.27. The van der Waals surface area contributed by atoms with Crippen molar-refractivity contribution in [1.29, 1.82) is 0 Å². The molecule has 0 radical (unpaired) electrons. The van der Waals surface area contributed by atoms with Crippen LogP contribution >= 0.6 is 0 Å². The van der Waals surface area contributed by atoms with Gasteiger partial charge in [-0.1, -0.05) is 18.9 Å². The van der Waals surface area contributed by atoms with Crippen LogP contribution in [-0.4, -0.2) is 63.0 Å². The number of carbonyl (C=O) groups is 2. The van der Waals surface area contributed by atoms with Crippen LogP contribution < -0.4 is 9.47 Å². The zero-order valence-corrected chi connectivity index (χ0v) is 16.1. The molecule has 142 valence electrons. The van der Waals surface area contributed by atoms with E-state index in [-0.39, 0.29) is 23.1 Å². The molecule has 2 aliphatic rings. The first-order valence-corrected chi connectivity index (χ1v) is 9.15. The summed E-state index contributed by atoms with van der Waals surface area (Å²) in [6.45, 7) is 1.10. The Morgan fingerprint density at radius 2 is 1.85 bits per heavy atom. The molecular weight excluding hydrogens is 332 g/mol. The van der Waals surface area contributed by atoms with Crippen LogP contribution in [0, 0.1) is 11.3 Å². The Morgan fingerprint density at radius 1 is 1.15 bits per heavy atom. The Labute approximate surface area is 155 Å². The number of para-hydroxylation sites is 1. The van der Waals surface area contributed by atoms with Gasteiger partial charge in [0.1, 0.15) is 0 Å². The molecule has 0 N–H and O–H groups in total. The van der Waals surface area contributed by atoms with Crippen LogP contribution in [-0.2, 0) is 4.79 Å². The standard InChI is InChI=1S/C20H28N2O4/c1-21(2)19(24)15-12-22(13-20(15)10-5-6-11-20)18(23)14-8-7-9-16(25-3)17(14)26-4/h7-9,15H,5-6,10-13H2,1-4H3. The minimum Gasteiger partial charge on any atom is -0.493 e. The second-order valence-electron chi connectivity index (χ2n) is 7.58. The molecule has 1 aliphatic heterocycles. The van der Waals surface area contributed by atoms with Crippen molar-refractivity contribution in [2.75, 3.05) is 41.4 Å². The second-order valence-corrected chi connectivity index (χ2v) is 7.58. The first-order chi connectivity index (χ1) is 12.4. The number of likely N-dealkylation sites (tertiary alicyclic amines) is 1. The van der Waals surface area contributed by atoms with Crippen LogP contribution in [0.5, 0.6) is 11.5 Å². The summed E-state index contributed by atoms with van der Waals surface area (Å²) >= 11 is 0. The zero-order chi connectivity index (χ0) is 18.9. The lowest BCUT2D eigenvalue weighted by molar-refractivity contribution is -0.135. The van der Waals surface area contributed by atoms with E-state index in [9.17, 15) is 9.59 Å². The van der Waals surface area contributed by atoms with Gasteiger partial charge in [-0.15, -0.1) is 0 Å². The van der Waals surface area contributed by atoms with Gasteiger partial charge in [-0.25, -0.2) is 0 Å². The number of nitrogens with zero attached hydrogens (tertiary/aromatic N) is 2. The van der Waals surface area contributed by atoms with Gasteiger partial charge in [0.25, 0.3) is 5.91 Å². The lowest BCUT2D eigenvalue weighted by Gasteiger charge is -2.30. The van der Waals surface area contributed by atoms with Crippen molar-refractivity contribution in [1.82, 2.24) is 9.80 Å². The van der Waals surface area contributed by atoms with Gasteiger partial charge in [-0.05, 0) is 25.0 Å². The van der Waals surface area contributed by atoms with E-state index in [0.717, 1.165) is 25.7 Å². The molecule has 1 heterocycles. The van der Waals surface area contributed by atoms with Crippen LogP contribution in [0.2, 0.25) is 0 Å². The van der Waals surface area contributed by atoms with Gasteiger partial charge in [0, 0.05) is 32.6 Å². The van der Waals surface area contributed by atoms with Crippen molar-refractivity contribution < 1.29 is 19.1 Å². The molecule has 6 heteroatoms. The third-order valence-electron chi connectivity index (χ3n) is 5.91. The van der Waals surface area contributed by atoms with Gasteiger partial charge in [0.05, 0.1) is 25.7 Å². The molecule has 0 bridgehead atoms. The van der Waals surface area contributed by atoms with E-state index in [1.54, 1.807) is 44.3 Å². The van der Waals surface area contributed by atoms with Gasteiger partial charge in [-0.2, -0.15) is 0 Å². The van der Waals surface area contributed by atoms with Gasteiger partial charge >= 0.3 is 0 Å². The first-order valence-electron chi connectivity index (χ1n) is 9.15. The van der Waals surface area contributed by atoms with E-state index >= 15 is 0 Å². The Balaban J connectivity index is 1.91. The Kier molecular flexibility index (Phi) is 5.12. The molecule has 6 nitrogen and oxygen atoms in total. The molecule has 1 spiro atoms. The number of rotatable bonds is 4. The normalized spacial score (nSPS) is 21.1. The molecule has 2 fully saturated rings. The van der Waals surface area contributed by atoms with Crippen LogP contribution in [0.1, 0.15) is 36.0 Å². The molecule has 1 atom stereocenters. The molecule has 26 heavy (non-hydrogen) atoms. The maximum atomic E-state index is 13.2. The highest BCUT2D eigenvalue weighted by molar-refractivity contribution is 5.98. The minimum atomic E-state index is -0.124. The predicted octanol–water partition coefficient (Wildman–Crippen LogP) is 2.42. The van der Waals surface area contributed by atoms with Crippen LogP contribution in [0.15, 0.2) is 18.2 Å². The highest BCUT2D eigenvalue weighted by atomic mass is 16.5. The molecule has 1 aliphatic carbocycles. The summed E-state index contributed by atoms with van der Waals surface area (Å²) < 4.78 is 10.7. The number of benzene rings is 1. The number of hydrogen-bond donors (Lipinski definition) is 0. The summed E-state index contributed by atoms with van der Waals surface area (Å²) in [4.78, 5) is 29.5. The van der Waals surface area contributed by atoms with E-state index < -0.39 is 0 Å². The van der Waals surface area contributed by atoms with Crippen LogP contribution in [0.4, 0.5) is 0 Å². The Morgan fingerprint density at radius 3 is 2.42 bits per heavy atom. The molecule has 1 aromatic carbocycles. The zero-order valence-electron chi connectivity index (χ0n) is 16.1. The van der Waals surface area contributed by atoms with Crippen molar-refractivity contribution in [3.8, 4) is 11.5 Å². The molecular formula is C20H28N2O4. The van der Waals surface area contributed by atoms with Gasteiger partial charge in [-0.3, -0.25) is 9.59 Å². The molecule has 1 aromatic rings. The molecule has 0 aromatic heterocycles. The van der Waals surface area contributed by atoms with Crippen molar-refractivity contribution in [2.45, 2.75) is 25.7 Å². The van der Waals surface area contributed by atoms with E-state index in [1.807, 2.05) is 4.90 Å². The fraction of sp³-hybridized carbons (Fsp3) is 0.600. The summed E-state index contributed by atoms with van der Waals surface area (Å²) in [5.41, 5.74) is 0.404. The second kappa shape index (κ2) is 7.17. The number of methoxy groups -OCH3 is 2. The maximum absolute atomic E-state index is 13.2. The van der Waals surface area contributed by atoms with E-state index in [4.69, 9.17) is 9.47 Å². The summed E-state index contributed by atoms with van der Waals surface area (Å²) in [5.74, 6) is 0.887. The van der Waals surface area contributed by atoms with E-state index in [0.29, 0.717) is 30.2 Å². The van der Waals surface area contributed by atoms with Crippen molar-refractivity contribution in [2.24, 2.45) is 11.3 Å². The summed E-state index contributed by atoms with van der Waals surface area (Å²) in [6.07, 6.45) is 4.27. The Bertz CT molecular complexity index is 695. The molecule has 1 unspecified atom stereocenters. The molecule has 1 saturated heterocycles. The van der Waals surface area contributed by atoms with Gasteiger partial charge in [0.2, 0.25) is 5.91 Å². The van der Waals surface area contributed by atoms with Crippen molar-refractivity contribution >= 4 is 11.8 Å². The van der Waals surface area contributed by atoms with Crippen LogP contribution in [0.25, 0.3) is 0 Å². The Hall–Kier alpha value is -2.24. The quantitative estimate of drug-likeness (QED) is 0.827. The number of hydrogen-bond acceptors (Lipinski definition) is 4.